The number of carbonyl (C=O) groups excluding carboxylic acids is 1. The number of nitrogens with zero attached hydrogens (tertiary/aromatic N) is 1. The minimum atomic E-state index is -0.0860. The lowest BCUT2D eigenvalue weighted by atomic mass is 10.2. The Morgan fingerprint density at radius 2 is 2.09 bits per heavy atom. The summed E-state index contributed by atoms with van der Waals surface area (Å²) in [4.78, 5) is 16.5. The van der Waals surface area contributed by atoms with Crippen LogP contribution in [0.3, 0.4) is 0 Å². The van der Waals surface area contributed by atoms with Crippen LogP contribution in [0.2, 0.25) is 0 Å². The fourth-order valence-electron chi connectivity index (χ4n) is 2.33. The van der Waals surface area contributed by atoms with E-state index in [2.05, 4.69) is 15.6 Å². The maximum Gasteiger partial charge on any atom is 0.270 e. The van der Waals surface area contributed by atoms with E-state index in [9.17, 15) is 4.79 Å². The average Bonchev–Trinajstić information content (AvgIpc) is 3.17. The van der Waals surface area contributed by atoms with Crippen molar-refractivity contribution in [2.24, 2.45) is 0 Å². The summed E-state index contributed by atoms with van der Waals surface area (Å²) in [6, 6.07) is 10.3. The van der Waals surface area contributed by atoms with Crippen molar-refractivity contribution in [3.63, 3.8) is 0 Å². The molecule has 1 saturated heterocycles. The van der Waals surface area contributed by atoms with Gasteiger partial charge in [-0.2, -0.15) is 0 Å². The van der Waals surface area contributed by atoms with Crippen LogP contribution in [0.5, 0.6) is 0 Å². The van der Waals surface area contributed by atoms with Gasteiger partial charge in [0, 0.05) is 23.5 Å². The van der Waals surface area contributed by atoms with E-state index in [0.29, 0.717) is 18.3 Å². The number of carbonyl (C=O) groups is 1. The summed E-state index contributed by atoms with van der Waals surface area (Å²) < 4.78 is 0. The summed E-state index contributed by atoms with van der Waals surface area (Å²) >= 11 is 1.50. The smallest absolute Gasteiger partial charge is 0.270 e. The van der Waals surface area contributed by atoms with E-state index in [4.69, 9.17) is 0 Å². The standard InChI is InChI=1S/C15H17N3OS.2ClH/c19-14(17-9-12-7-4-8-16-12)13-10-20-15(18-13)11-5-2-1-3-6-11;;/h1-3,5-6,10,12,16H,4,7-9H2,(H,17,19);2*1H. The molecule has 0 radical (unpaired) electrons. The largest absolute Gasteiger partial charge is 0.349 e. The Balaban J connectivity index is 0.00000121. The molecule has 4 nitrogen and oxygen atoms in total. The lowest BCUT2D eigenvalue weighted by Gasteiger charge is -2.10. The summed E-state index contributed by atoms with van der Waals surface area (Å²) in [5.74, 6) is -0.0860. The van der Waals surface area contributed by atoms with Gasteiger partial charge in [0.1, 0.15) is 10.7 Å². The fraction of sp³-hybridized carbons (Fsp3) is 0.333. The van der Waals surface area contributed by atoms with Crippen molar-refractivity contribution in [3.05, 3.63) is 41.4 Å². The van der Waals surface area contributed by atoms with Gasteiger partial charge in [-0.1, -0.05) is 30.3 Å². The van der Waals surface area contributed by atoms with Gasteiger partial charge >= 0.3 is 0 Å². The van der Waals surface area contributed by atoms with Crippen molar-refractivity contribution in [1.82, 2.24) is 15.6 Å². The molecule has 1 aromatic heterocycles. The molecular weight excluding hydrogens is 341 g/mol. The number of aromatic nitrogens is 1. The molecule has 0 spiro atoms. The molecule has 0 aliphatic carbocycles. The molecule has 1 aliphatic rings. The quantitative estimate of drug-likeness (QED) is 0.881. The third kappa shape index (κ3) is 4.68. The first-order valence-corrected chi connectivity index (χ1v) is 7.73. The zero-order valence-corrected chi connectivity index (χ0v) is 14.4. The highest BCUT2D eigenvalue weighted by Crippen LogP contribution is 2.23. The number of thiazole rings is 1. The van der Waals surface area contributed by atoms with Gasteiger partial charge in [0.15, 0.2) is 0 Å². The maximum atomic E-state index is 12.1. The second-order valence-corrected chi connectivity index (χ2v) is 5.77. The number of rotatable bonds is 4. The average molecular weight is 360 g/mol. The highest BCUT2D eigenvalue weighted by atomic mass is 35.5. The minimum absolute atomic E-state index is 0. The van der Waals surface area contributed by atoms with Gasteiger partial charge in [0.05, 0.1) is 0 Å². The zero-order chi connectivity index (χ0) is 13.8. The van der Waals surface area contributed by atoms with Gasteiger partial charge in [-0.05, 0) is 19.4 Å². The van der Waals surface area contributed by atoms with Crippen LogP contribution in [-0.4, -0.2) is 30.0 Å². The Kier molecular flexibility index (Phi) is 7.82. The Hall–Kier alpha value is -1.14. The highest BCUT2D eigenvalue weighted by Gasteiger charge is 2.16. The first-order chi connectivity index (χ1) is 9.83. The summed E-state index contributed by atoms with van der Waals surface area (Å²) in [5.41, 5.74) is 1.56. The van der Waals surface area contributed by atoms with E-state index < -0.39 is 0 Å². The molecule has 22 heavy (non-hydrogen) atoms. The minimum Gasteiger partial charge on any atom is -0.349 e. The number of benzene rings is 1. The summed E-state index contributed by atoms with van der Waals surface area (Å²) in [7, 11) is 0. The topological polar surface area (TPSA) is 54.0 Å². The summed E-state index contributed by atoms with van der Waals surface area (Å²) in [6.45, 7) is 1.73. The van der Waals surface area contributed by atoms with Crippen LogP contribution < -0.4 is 10.6 Å². The fourth-order valence-corrected chi connectivity index (χ4v) is 3.13. The lowest BCUT2D eigenvalue weighted by molar-refractivity contribution is 0.0946. The molecule has 1 fully saturated rings. The molecule has 1 atom stereocenters. The normalized spacial score (nSPS) is 16.5. The molecule has 1 aliphatic heterocycles. The van der Waals surface area contributed by atoms with Gasteiger partial charge < -0.3 is 10.6 Å². The van der Waals surface area contributed by atoms with Gasteiger partial charge in [-0.25, -0.2) is 4.98 Å². The second-order valence-electron chi connectivity index (χ2n) is 4.91. The van der Waals surface area contributed by atoms with E-state index in [1.807, 2.05) is 35.7 Å². The first-order valence-electron chi connectivity index (χ1n) is 6.85. The molecule has 120 valence electrons. The van der Waals surface area contributed by atoms with E-state index in [-0.39, 0.29) is 30.7 Å². The molecule has 0 bridgehead atoms. The lowest BCUT2D eigenvalue weighted by Crippen LogP contribution is -2.37. The number of amides is 1. The van der Waals surface area contributed by atoms with Crippen molar-refractivity contribution >= 4 is 42.1 Å². The summed E-state index contributed by atoms with van der Waals surface area (Å²) in [5, 5.41) is 9.01. The van der Waals surface area contributed by atoms with Crippen molar-refractivity contribution < 1.29 is 4.79 Å². The Morgan fingerprint density at radius 1 is 1.32 bits per heavy atom. The molecular formula is C15H19Cl2N3OS. The van der Waals surface area contributed by atoms with Crippen LogP contribution in [0.1, 0.15) is 23.3 Å². The molecule has 7 heteroatoms. The zero-order valence-electron chi connectivity index (χ0n) is 12.0. The molecule has 1 amide bonds. The van der Waals surface area contributed by atoms with Gasteiger partial charge in [-0.15, -0.1) is 36.2 Å². The monoisotopic (exact) mass is 359 g/mol. The SMILES string of the molecule is Cl.Cl.O=C(NCC1CCCN1)c1csc(-c2ccccc2)n1. The van der Waals surface area contributed by atoms with Crippen LogP contribution >= 0.6 is 36.2 Å². The molecule has 2 heterocycles. The van der Waals surface area contributed by atoms with E-state index >= 15 is 0 Å². The number of hydrogen-bond donors (Lipinski definition) is 2. The predicted molar refractivity (Wildman–Crippen MR) is 95.4 cm³/mol. The molecule has 2 aromatic rings. The number of nitrogens with one attached hydrogen (secondary N) is 2. The number of halogens is 2. The Bertz CT molecular complexity index is 585. The maximum absolute atomic E-state index is 12.1. The summed E-state index contributed by atoms with van der Waals surface area (Å²) in [6.07, 6.45) is 2.32. The third-order valence-corrected chi connectivity index (χ3v) is 4.32. The third-order valence-electron chi connectivity index (χ3n) is 3.43. The van der Waals surface area contributed by atoms with Crippen molar-refractivity contribution in [3.8, 4) is 10.6 Å². The van der Waals surface area contributed by atoms with Crippen molar-refractivity contribution in [1.29, 1.82) is 0 Å². The van der Waals surface area contributed by atoms with Crippen LogP contribution in [0, 0.1) is 0 Å². The molecule has 0 saturated carbocycles. The van der Waals surface area contributed by atoms with E-state index in [1.54, 1.807) is 0 Å². The highest BCUT2D eigenvalue weighted by molar-refractivity contribution is 7.13. The predicted octanol–water partition coefficient (Wildman–Crippen LogP) is 3.14. The van der Waals surface area contributed by atoms with Crippen molar-refractivity contribution in [2.45, 2.75) is 18.9 Å². The molecule has 1 unspecified atom stereocenters. The van der Waals surface area contributed by atoms with Gasteiger partial charge in [-0.3, -0.25) is 4.79 Å². The van der Waals surface area contributed by atoms with Gasteiger partial charge in [0.2, 0.25) is 0 Å². The van der Waals surface area contributed by atoms with Crippen LogP contribution in [0.4, 0.5) is 0 Å². The molecule has 3 rings (SSSR count). The van der Waals surface area contributed by atoms with Crippen molar-refractivity contribution in [2.75, 3.05) is 13.1 Å². The Morgan fingerprint density at radius 3 is 2.77 bits per heavy atom. The van der Waals surface area contributed by atoms with Crippen LogP contribution in [-0.2, 0) is 0 Å². The molecule has 2 N–H and O–H groups in total. The Labute approximate surface area is 146 Å². The van der Waals surface area contributed by atoms with E-state index in [1.165, 1.54) is 17.8 Å². The van der Waals surface area contributed by atoms with Crippen LogP contribution in [0.15, 0.2) is 35.7 Å². The van der Waals surface area contributed by atoms with Gasteiger partial charge in [0.25, 0.3) is 5.91 Å². The van der Waals surface area contributed by atoms with Crippen LogP contribution in [0.25, 0.3) is 10.6 Å². The first kappa shape index (κ1) is 18.9. The second kappa shape index (κ2) is 9.10. The molecule has 1 aromatic carbocycles. The van der Waals surface area contributed by atoms with E-state index in [0.717, 1.165) is 23.5 Å². The number of hydrogen-bond acceptors (Lipinski definition) is 4.